The summed E-state index contributed by atoms with van der Waals surface area (Å²) in [5.74, 6) is 0.651. The second kappa shape index (κ2) is 9.68. The predicted octanol–water partition coefficient (Wildman–Crippen LogP) is 3.07. The van der Waals surface area contributed by atoms with Crippen LogP contribution >= 0.6 is 11.8 Å². The Morgan fingerprint density at radius 3 is 2.59 bits per heavy atom. The van der Waals surface area contributed by atoms with Crippen LogP contribution in [0.5, 0.6) is 11.5 Å². The number of ether oxygens (including phenoxy) is 2. The maximum absolute atomic E-state index is 13.2. The van der Waals surface area contributed by atoms with E-state index in [0.717, 1.165) is 0 Å². The van der Waals surface area contributed by atoms with Crippen molar-refractivity contribution in [2.24, 2.45) is 0 Å². The summed E-state index contributed by atoms with van der Waals surface area (Å²) in [5.41, 5.74) is 1.90. The SMILES string of the molecule is CCOc1cc([C@@H]2N(C(C)=O)c3ccccc3-c3c(=O)[nH]c(SCC)n[n+]32)ccc1OC(C)=O. The molecule has 0 bridgehead atoms. The number of esters is 1. The molecule has 0 saturated heterocycles. The summed E-state index contributed by atoms with van der Waals surface area (Å²) in [7, 11) is 0. The van der Waals surface area contributed by atoms with Gasteiger partial charge in [0.1, 0.15) is 0 Å². The predicted molar refractivity (Wildman–Crippen MR) is 127 cm³/mol. The van der Waals surface area contributed by atoms with Crippen LogP contribution in [0.4, 0.5) is 5.69 Å². The number of amides is 1. The van der Waals surface area contributed by atoms with Crippen molar-refractivity contribution in [3.63, 3.8) is 0 Å². The van der Waals surface area contributed by atoms with Crippen LogP contribution in [0.25, 0.3) is 11.3 Å². The number of thioether (sulfide) groups is 1. The minimum Gasteiger partial charge on any atom is -0.490 e. The molecule has 4 rings (SSSR count). The largest absolute Gasteiger partial charge is 0.490 e. The number of carbonyl (C=O) groups excluding carboxylic acids is 2. The third kappa shape index (κ3) is 4.28. The Morgan fingerprint density at radius 1 is 1.15 bits per heavy atom. The molecule has 1 amide bonds. The van der Waals surface area contributed by atoms with Gasteiger partial charge < -0.3 is 9.47 Å². The number of nitrogens with one attached hydrogen (secondary N) is 1. The van der Waals surface area contributed by atoms with Gasteiger partial charge in [0, 0.05) is 24.5 Å². The average Bonchev–Trinajstić information content (AvgIpc) is 2.79. The number of fused-ring (bicyclic) bond motifs is 3. The third-order valence-corrected chi connectivity index (χ3v) is 5.94. The zero-order valence-corrected chi connectivity index (χ0v) is 20.1. The van der Waals surface area contributed by atoms with E-state index in [9.17, 15) is 14.4 Å². The second-order valence-corrected chi connectivity index (χ2v) is 8.75. The Labute approximate surface area is 200 Å². The topological polar surface area (TPSA) is 105 Å². The summed E-state index contributed by atoms with van der Waals surface area (Å²) >= 11 is 1.40. The zero-order chi connectivity index (χ0) is 24.4. The molecule has 1 N–H and O–H groups in total. The standard InChI is InChI=1S/C24H24N4O5S/c1-5-32-20-13-16(11-12-19(20)33-15(4)30)23-27(14(3)29)18-10-8-7-9-17(18)21-22(31)25-24(34-6-2)26-28(21)23/h7-13,23H,5-6H2,1-4H3/p+1/t23-/m1/s1. The lowest BCUT2D eigenvalue weighted by Gasteiger charge is -2.31. The van der Waals surface area contributed by atoms with Crippen LogP contribution in [0.3, 0.4) is 0 Å². The Bertz CT molecular complexity index is 1320. The molecule has 1 aliphatic rings. The van der Waals surface area contributed by atoms with Crippen LogP contribution in [0.1, 0.15) is 39.4 Å². The van der Waals surface area contributed by atoms with Gasteiger partial charge in [-0.3, -0.25) is 19.4 Å². The summed E-state index contributed by atoms with van der Waals surface area (Å²) in [5, 5.41) is 5.15. The normalized spacial score (nSPS) is 14.2. The van der Waals surface area contributed by atoms with E-state index in [1.165, 1.54) is 25.6 Å². The second-order valence-electron chi connectivity index (χ2n) is 7.50. The Hall–Kier alpha value is -3.66. The fourth-order valence-electron chi connectivity index (χ4n) is 4.01. The van der Waals surface area contributed by atoms with E-state index < -0.39 is 12.1 Å². The van der Waals surface area contributed by atoms with E-state index in [1.54, 1.807) is 39.9 Å². The van der Waals surface area contributed by atoms with Gasteiger partial charge in [0.15, 0.2) is 11.5 Å². The van der Waals surface area contributed by atoms with Crippen molar-refractivity contribution >= 4 is 29.3 Å². The summed E-state index contributed by atoms with van der Waals surface area (Å²) in [4.78, 5) is 42.2. The lowest BCUT2D eigenvalue weighted by molar-refractivity contribution is -0.763. The molecule has 0 aliphatic carbocycles. The maximum Gasteiger partial charge on any atom is 0.325 e. The molecule has 1 aromatic heterocycles. The molecule has 2 aromatic carbocycles. The molecule has 176 valence electrons. The summed E-state index contributed by atoms with van der Waals surface area (Å²) in [6.07, 6.45) is -0.758. The fraction of sp³-hybridized carbons (Fsp3) is 0.292. The number of hydrogen-bond donors (Lipinski definition) is 1. The quantitative estimate of drug-likeness (QED) is 0.250. The average molecular weight is 482 g/mol. The minimum atomic E-state index is -0.758. The number of hydrogen-bond acceptors (Lipinski definition) is 7. The molecule has 1 aliphatic heterocycles. The first-order valence-corrected chi connectivity index (χ1v) is 11.9. The number of rotatable bonds is 6. The highest BCUT2D eigenvalue weighted by Crippen LogP contribution is 2.39. The number of carbonyl (C=O) groups is 2. The molecule has 1 atom stereocenters. The number of aromatic amines is 1. The maximum atomic E-state index is 13.2. The molecule has 9 nitrogen and oxygen atoms in total. The number of anilines is 1. The minimum absolute atomic E-state index is 0.218. The highest BCUT2D eigenvalue weighted by molar-refractivity contribution is 7.99. The van der Waals surface area contributed by atoms with E-state index >= 15 is 0 Å². The number of H-pyrrole nitrogens is 1. The molecule has 0 saturated carbocycles. The van der Waals surface area contributed by atoms with Gasteiger partial charge >= 0.3 is 17.2 Å². The van der Waals surface area contributed by atoms with E-state index in [0.29, 0.717) is 45.8 Å². The molecule has 0 spiro atoms. The van der Waals surface area contributed by atoms with Gasteiger partial charge in [-0.15, -0.1) is 0 Å². The van der Waals surface area contributed by atoms with E-state index in [-0.39, 0.29) is 17.2 Å². The number of para-hydroxylation sites is 1. The molecular formula is C24H25N4O5S+. The monoisotopic (exact) mass is 481 g/mol. The van der Waals surface area contributed by atoms with E-state index in [1.807, 2.05) is 26.0 Å². The summed E-state index contributed by atoms with van der Waals surface area (Å²) < 4.78 is 12.6. The third-order valence-electron chi connectivity index (χ3n) is 5.20. The molecule has 34 heavy (non-hydrogen) atoms. The smallest absolute Gasteiger partial charge is 0.325 e. The van der Waals surface area contributed by atoms with Gasteiger partial charge in [0.2, 0.25) is 11.1 Å². The Kier molecular flexibility index (Phi) is 6.69. The number of aromatic nitrogens is 3. The van der Waals surface area contributed by atoms with Crippen molar-refractivity contribution in [3.8, 4) is 22.8 Å². The van der Waals surface area contributed by atoms with Crippen molar-refractivity contribution in [1.82, 2.24) is 10.1 Å². The van der Waals surface area contributed by atoms with Gasteiger partial charge in [0.25, 0.3) is 6.17 Å². The van der Waals surface area contributed by atoms with Gasteiger partial charge in [-0.2, -0.15) is 0 Å². The van der Waals surface area contributed by atoms with Gasteiger partial charge in [-0.1, -0.05) is 30.8 Å². The zero-order valence-electron chi connectivity index (χ0n) is 19.3. The molecule has 3 aromatic rings. The van der Waals surface area contributed by atoms with Crippen LogP contribution in [0.2, 0.25) is 0 Å². The van der Waals surface area contributed by atoms with Gasteiger partial charge in [0.05, 0.1) is 17.9 Å². The molecular weight excluding hydrogens is 456 g/mol. The van der Waals surface area contributed by atoms with Crippen molar-refractivity contribution in [2.45, 2.75) is 39.0 Å². The van der Waals surface area contributed by atoms with Gasteiger partial charge in [-0.05, 0) is 47.7 Å². The van der Waals surface area contributed by atoms with Crippen molar-refractivity contribution in [2.75, 3.05) is 17.3 Å². The summed E-state index contributed by atoms with van der Waals surface area (Å²) in [6, 6.07) is 12.3. The van der Waals surface area contributed by atoms with E-state index in [2.05, 4.69) is 4.98 Å². The van der Waals surface area contributed by atoms with Crippen molar-refractivity contribution in [3.05, 3.63) is 58.4 Å². The highest BCUT2D eigenvalue weighted by atomic mass is 32.2. The summed E-state index contributed by atoms with van der Waals surface area (Å²) in [6.45, 7) is 6.92. The fourth-order valence-corrected chi connectivity index (χ4v) is 4.59. The van der Waals surface area contributed by atoms with Crippen LogP contribution in [-0.4, -0.2) is 34.3 Å². The van der Waals surface area contributed by atoms with Crippen LogP contribution < -0.4 is 24.6 Å². The first kappa shape index (κ1) is 23.5. The Morgan fingerprint density at radius 2 is 1.91 bits per heavy atom. The molecule has 2 heterocycles. The molecule has 0 radical (unpaired) electrons. The Balaban J connectivity index is 2.00. The van der Waals surface area contributed by atoms with Crippen LogP contribution in [-0.2, 0) is 9.59 Å². The highest BCUT2D eigenvalue weighted by Gasteiger charge is 2.45. The molecule has 10 heteroatoms. The molecule has 0 fully saturated rings. The van der Waals surface area contributed by atoms with Gasteiger partial charge in [-0.25, -0.2) is 4.90 Å². The van der Waals surface area contributed by atoms with Crippen LogP contribution in [0.15, 0.2) is 52.4 Å². The first-order valence-electron chi connectivity index (χ1n) is 10.9. The first-order chi connectivity index (χ1) is 16.3. The van der Waals surface area contributed by atoms with Crippen molar-refractivity contribution in [1.29, 1.82) is 0 Å². The van der Waals surface area contributed by atoms with Crippen LogP contribution in [0, 0.1) is 0 Å². The van der Waals surface area contributed by atoms with Crippen molar-refractivity contribution < 1.29 is 23.7 Å². The lowest BCUT2D eigenvalue weighted by Crippen LogP contribution is -2.60. The number of nitrogens with zero attached hydrogens (tertiary/aromatic N) is 3. The lowest BCUT2D eigenvalue weighted by atomic mass is 10.0. The number of benzene rings is 2. The molecule has 0 unspecified atom stereocenters. The van der Waals surface area contributed by atoms with E-state index in [4.69, 9.17) is 14.6 Å².